The van der Waals surface area contributed by atoms with Gasteiger partial charge in [-0.05, 0) is 68.8 Å². The minimum Gasteiger partial charge on any atom is -0.493 e. The average Bonchev–Trinajstić information content (AvgIpc) is 3.62. The van der Waals surface area contributed by atoms with Crippen molar-refractivity contribution in [3.63, 3.8) is 0 Å². The van der Waals surface area contributed by atoms with Gasteiger partial charge >= 0.3 is 0 Å². The number of aryl methyl sites for hydroxylation is 1. The van der Waals surface area contributed by atoms with E-state index in [4.69, 9.17) is 19.8 Å². The second kappa shape index (κ2) is 13.8. The SMILES string of the molecule is CCN(CCn1cc(C)c(-c2cc(O[C@H](CO)c3ccc(F)cn3)c3c(OC)cnn3c2)n1)CC1CCC(NC#N)CC1. The molecule has 0 unspecified atom stereocenters. The summed E-state index contributed by atoms with van der Waals surface area (Å²) in [5, 5.41) is 31.3. The first-order valence-corrected chi connectivity index (χ1v) is 14.8. The molecule has 43 heavy (non-hydrogen) atoms. The van der Waals surface area contributed by atoms with Crippen LogP contribution in [0.3, 0.4) is 0 Å². The zero-order valence-corrected chi connectivity index (χ0v) is 24.9. The van der Waals surface area contributed by atoms with Crippen LogP contribution in [0.1, 0.15) is 50.0 Å². The standard InChI is InChI=1S/C31H39FN8O3/c1-4-38(17-22-5-8-25(9-6-22)35-20-33)11-12-39-16-21(2)30(37-39)23-13-27(31-28(42-3)15-36-40(31)18-23)43-29(19-41)26-10-7-24(32)14-34-26/h7,10,13-16,18,22,25,29,35,41H,4-6,8-9,11-12,17,19H2,1-3H3/t22?,25?,29-/m1/s1. The van der Waals surface area contributed by atoms with Crippen molar-refractivity contribution in [2.24, 2.45) is 5.92 Å². The van der Waals surface area contributed by atoms with Crippen LogP contribution < -0.4 is 14.8 Å². The van der Waals surface area contributed by atoms with Gasteiger partial charge in [-0.15, -0.1) is 0 Å². The number of hydrogen-bond donors (Lipinski definition) is 2. The van der Waals surface area contributed by atoms with Gasteiger partial charge in [-0.1, -0.05) is 6.92 Å². The number of nitrogens with one attached hydrogen (secondary N) is 1. The molecule has 4 aromatic rings. The van der Waals surface area contributed by atoms with Gasteiger partial charge in [0.15, 0.2) is 29.3 Å². The lowest BCUT2D eigenvalue weighted by molar-refractivity contribution is 0.114. The lowest BCUT2D eigenvalue weighted by Crippen LogP contribution is -2.36. The van der Waals surface area contributed by atoms with E-state index in [1.54, 1.807) is 17.8 Å². The first-order chi connectivity index (χ1) is 20.9. The molecule has 1 fully saturated rings. The molecular weight excluding hydrogens is 551 g/mol. The van der Waals surface area contributed by atoms with Crippen LogP contribution in [-0.4, -0.2) is 73.8 Å². The number of hydrogen-bond acceptors (Lipinski definition) is 9. The first kappa shape index (κ1) is 30.3. The number of nitrogens with zero attached hydrogens (tertiary/aromatic N) is 7. The van der Waals surface area contributed by atoms with Crippen molar-refractivity contribution in [3.05, 3.63) is 60.1 Å². The maximum absolute atomic E-state index is 13.5. The van der Waals surface area contributed by atoms with Crippen molar-refractivity contribution < 1.29 is 19.0 Å². The van der Waals surface area contributed by atoms with Crippen molar-refractivity contribution >= 4 is 5.52 Å². The molecule has 2 N–H and O–H groups in total. The molecule has 5 rings (SSSR count). The molecule has 0 aliphatic heterocycles. The summed E-state index contributed by atoms with van der Waals surface area (Å²) < 4.78 is 28.9. The molecule has 0 radical (unpaired) electrons. The summed E-state index contributed by atoms with van der Waals surface area (Å²) in [5.41, 5.74) is 3.60. The number of aliphatic hydroxyl groups excluding tert-OH is 1. The van der Waals surface area contributed by atoms with E-state index < -0.39 is 11.9 Å². The van der Waals surface area contributed by atoms with Crippen LogP contribution in [0.2, 0.25) is 0 Å². The molecule has 12 heteroatoms. The molecule has 228 valence electrons. The predicted octanol–water partition coefficient (Wildman–Crippen LogP) is 4.11. The number of methoxy groups -OCH3 is 1. The Morgan fingerprint density at radius 1 is 1.21 bits per heavy atom. The van der Waals surface area contributed by atoms with Gasteiger partial charge in [-0.25, -0.2) is 8.91 Å². The second-order valence-corrected chi connectivity index (χ2v) is 11.1. The highest BCUT2D eigenvalue weighted by atomic mass is 19.1. The molecule has 1 saturated carbocycles. The molecule has 4 aromatic heterocycles. The highest BCUT2D eigenvalue weighted by molar-refractivity contribution is 5.75. The topological polar surface area (TPSA) is 126 Å². The monoisotopic (exact) mass is 590 g/mol. The third-order valence-electron chi connectivity index (χ3n) is 8.22. The van der Waals surface area contributed by atoms with Crippen molar-refractivity contribution in [1.82, 2.24) is 34.6 Å². The molecule has 4 heterocycles. The van der Waals surface area contributed by atoms with Crippen LogP contribution in [0.4, 0.5) is 4.39 Å². The molecule has 1 atom stereocenters. The maximum Gasteiger partial charge on any atom is 0.176 e. The summed E-state index contributed by atoms with van der Waals surface area (Å²) in [7, 11) is 1.56. The van der Waals surface area contributed by atoms with E-state index in [1.807, 2.05) is 23.9 Å². The number of aliphatic hydroxyl groups is 1. The van der Waals surface area contributed by atoms with Crippen LogP contribution >= 0.6 is 0 Å². The predicted molar refractivity (Wildman–Crippen MR) is 159 cm³/mol. The highest BCUT2D eigenvalue weighted by Crippen LogP contribution is 2.36. The number of likely N-dealkylation sites (N-methyl/N-ethyl adjacent to an activating group) is 1. The van der Waals surface area contributed by atoms with Gasteiger partial charge in [0.1, 0.15) is 5.82 Å². The molecule has 11 nitrogen and oxygen atoms in total. The quantitative estimate of drug-likeness (QED) is 0.175. The fraction of sp³-hybridized carbons (Fsp3) is 0.484. The van der Waals surface area contributed by atoms with Crippen LogP contribution in [0.25, 0.3) is 16.8 Å². The third-order valence-corrected chi connectivity index (χ3v) is 8.22. The van der Waals surface area contributed by atoms with Gasteiger partial charge in [0.25, 0.3) is 0 Å². The molecular formula is C31H39FN8O3. The van der Waals surface area contributed by atoms with Gasteiger partial charge in [0.2, 0.25) is 0 Å². The Balaban J connectivity index is 1.33. The molecule has 0 saturated heterocycles. The van der Waals surface area contributed by atoms with Crippen molar-refractivity contribution in [1.29, 1.82) is 5.26 Å². The molecule has 0 bridgehead atoms. The van der Waals surface area contributed by atoms with E-state index in [-0.39, 0.29) is 6.61 Å². The Morgan fingerprint density at radius 3 is 2.70 bits per heavy atom. The van der Waals surface area contributed by atoms with E-state index in [0.29, 0.717) is 34.7 Å². The smallest absolute Gasteiger partial charge is 0.176 e. The molecule has 1 aliphatic carbocycles. The van der Waals surface area contributed by atoms with E-state index in [9.17, 15) is 9.50 Å². The van der Waals surface area contributed by atoms with Gasteiger partial charge in [-0.3, -0.25) is 9.67 Å². The van der Waals surface area contributed by atoms with Gasteiger partial charge in [-0.2, -0.15) is 15.5 Å². The number of halogens is 1. The lowest BCUT2D eigenvalue weighted by Gasteiger charge is -2.31. The Labute approximate surface area is 250 Å². The fourth-order valence-corrected chi connectivity index (χ4v) is 5.84. The summed E-state index contributed by atoms with van der Waals surface area (Å²) >= 11 is 0. The number of pyridine rings is 2. The molecule has 1 aliphatic rings. The number of aromatic nitrogens is 5. The number of fused-ring (bicyclic) bond motifs is 1. The summed E-state index contributed by atoms with van der Waals surface area (Å²) in [6, 6.07) is 4.96. The third kappa shape index (κ3) is 7.06. The summed E-state index contributed by atoms with van der Waals surface area (Å²) in [6.07, 6.45) is 12.3. The molecule has 0 spiro atoms. The highest BCUT2D eigenvalue weighted by Gasteiger charge is 2.23. The zero-order chi connectivity index (χ0) is 30.3. The summed E-state index contributed by atoms with van der Waals surface area (Å²) in [4.78, 5) is 6.57. The molecule has 0 amide bonds. The van der Waals surface area contributed by atoms with E-state index in [1.165, 1.54) is 12.1 Å². The largest absolute Gasteiger partial charge is 0.493 e. The van der Waals surface area contributed by atoms with Gasteiger partial charge in [0, 0.05) is 37.1 Å². The average molecular weight is 591 g/mol. The molecule has 0 aromatic carbocycles. The number of rotatable bonds is 13. The van der Waals surface area contributed by atoms with Crippen LogP contribution in [0.15, 0.2) is 43.0 Å². The lowest BCUT2D eigenvalue weighted by atomic mass is 9.86. The fourth-order valence-electron chi connectivity index (χ4n) is 5.84. The van der Waals surface area contributed by atoms with Crippen molar-refractivity contribution in [3.8, 4) is 28.9 Å². The Morgan fingerprint density at radius 2 is 2.02 bits per heavy atom. The van der Waals surface area contributed by atoms with Crippen molar-refractivity contribution in [2.75, 3.05) is 33.4 Å². The van der Waals surface area contributed by atoms with Crippen molar-refractivity contribution in [2.45, 2.75) is 58.2 Å². The Hall–Kier alpha value is -4.21. The minimum absolute atomic E-state index is 0.323. The summed E-state index contributed by atoms with van der Waals surface area (Å²) in [6.45, 7) is 7.53. The van der Waals surface area contributed by atoms with Crippen LogP contribution in [-0.2, 0) is 6.54 Å². The number of ether oxygens (including phenoxy) is 2. The van der Waals surface area contributed by atoms with Crippen LogP contribution in [0.5, 0.6) is 11.5 Å². The van der Waals surface area contributed by atoms with Gasteiger partial charge in [0.05, 0.1) is 44.0 Å². The Bertz CT molecular complexity index is 1540. The van der Waals surface area contributed by atoms with E-state index in [2.05, 4.69) is 39.6 Å². The summed E-state index contributed by atoms with van der Waals surface area (Å²) in [5.74, 6) is 1.13. The number of nitriles is 1. The van der Waals surface area contributed by atoms with Gasteiger partial charge < -0.3 is 24.8 Å². The normalized spacial score (nSPS) is 17.6. The van der Waals surface area contributed by atoms with E-state index >= 15 is 0 Å². The first-order valence-electron chi connectivity index (χ1n) is 14.8. The zero-order valence-electron chi connectivity index (χ0n) is 24.9. The Kier molecular flexibility index (Phi) is 9.74. The van der Waals surface area contributed by atoms with Crippen LogP contribution in [0, 0.1) is 30.1 Å². The maximum atomic E-state index is 13.5. The second-order valence-electron chi connectivity index (χ2n) is 11.1. The van der Waals surface area contributed by atoms with E-state index in [0.717, 1.165) is 74.9 Å². The minimum atomic E-state index is -0.824.